The zero-order chi connectivity index (χ0) is 15.2. The first-order chi connectivity index (χ1) is 10.1. The maximum Gasteiger partial charge on any atom is 0.303 e. The van der Waals surface area contributed by atoms with E-state index < -0.39 is 5.97 Å². The minimum Gasteiger partial charge on any atom is -0.481 e. The number of benzene rings is 1. The molecule has 3 N–H and O–H groups in total. The van der Waals surface area contributed by atoms with Crippen LogP contribution in [0.5, 0.6) is 0 Å². The topological polar surface area (TPSA) is 82.2 Å². The number of hydrogen-bond acceptors (Lipinski definition) is 2. The van der Waals surface area contributed by atoms with Gasteiger partial charge >= 0.3 is 5.97 Å². The maximum absolute atomic E-state index is 12.2. The van der Waals surface area contributed by atoms with Crippen molar-refractivity contribution in [3.8, 4) is 0 Å². The SMILES string of the molecule is CC(CCNC(=O)c1cccc2[nH]ccc12)CCC(=O)O. The second-order valence-electron chi connectivity index (χ2n) is 5.33. The fourth-order valence-electron chi connectivity index (χ4n) is 2.32. The van der Waals surface area contributed by atoms with Crippen LogP contribution in [0.4, 0.5) is 0 Å². The number of aromatic amines is 1. The second-order valence-corrected chi connectivity index (χ2v) is 5.33. The van der Waals surface area contributed by atoms with Crippen LogP contribution in [0.1, 0.15) is 36.5 Å². The highest BCUT2D eigenvalue weighted by molar-refractivity contribution is 6.06. The molecule has 5 nitrogen and oxygen atoms in total. The number of aliphatic carboxylic acids is 1. The minimum absolute atomic E-state index is 0.0920. The molecule has 0 spiro atoms. The first-order valence-electron chi connectivity index (χ1n) is 7.14. The summed E-state index contributed by atoms with van der Waals surface area (Å²) in [4.78, 5) is 25.8. The Labute approximate surface area is 123 Å². The number of nitrogens with one attached hydrogen (secondary N) is 2. The van der Waals surface area contributed by atoms with E-state index in [4.69, 9.17) is 5.11 Å². The summed E-state index contributed by atoms with van der Waals surface area (Å²) >= 11 is 0. The lowest BCUT2D eigenvalue weighted by molar-refractivity contribution is -0.137. The van der Waals surface area contributed by atoms with Crippen molar-refractivity contribution in [2.24, 2.45) is 5.92 Å². The van der Waals surface area contributed by atoms with E-state index in [1.165, 1.54) is 0 Å². The number of H-pyrrole nitrogens is 1. The van der Waals surface area contributed by atoms with Crippen molar-refractivity contribution in [1.29, 1.82) is 0 Å². The Balaban J connectivity index is 1.85. The normalized spacial score (nSPS) is 12.2. The van der Waals surface area contributed by atoms with E-state index in [1.807, 2.05) is 31.3 Å². The number of carboxylic acids is 1. The smallest absolute Gasteiger partial charge is 0.303 e. The molecule has 1 atom stereocenters. The third kappa shape index (κ3) is 4.08. The average molecular weight is 288 g/mol. The number of amides is 1. The first kappa shape index (κ1) is 15.1. The Morgan fingerprint density at radius 1 is 1.29 bits per heavy atom. The summed E-state index contributed by atoms with van der Waals surface area (Å²) in [5.74, 6) is -0.583. The van der Waals surface area contributed by atoms with E-state index in [0.717, 1.165) is 17.3 Å². The molecule has 112 valence electrons. The third-order valence-electron chi connectivity index (χ3n) is 3.61. The van der Waals surface area contributed by atoms with Gasteiger partial charge in [-0.05, 0) is 37.0 Å². The lowest BCUT2D eigenvalue weighted by Crippen LogP contribution is -2.25. The molecule has 0 bridgehead atoms. The average Bonchev–Trinajstić information content (AvgIpc) is 2.93. The minimum atomic E-state index is -0.773. The molecule has 1 unspecified atom stereocenters. The van der Waals surface area contributed by atoms with Gasteiger partial charge in [0.25, 0.3) is 5.91 Å². The van der Waals surface area contributed by atoms with Crippen molar-refractivity contribution in [1.82, 2.24) is 10.3 Å². The van der Waals surface area contributed by atoms with Crippen LogP contribution < -0.4 is 5.32 Å². The standard InChI is InChI=1S/C16H20N2O3/c1-11(5-6-15(19)20)7-9-18-16(21)13-3-2-4-14-12(13)8-10-17-14/h2-4,8,10-11,17H,5-7,9H2,1H3,(H,18,21)(H,19,20). The van der Waals surface area contributed by atoms with Gasteiger partial charge in [0.2, 0.25) is 0 Å². The van der Waals surface area contributed by atoms with E-state index in [9.17, 15) is 9.59 Å². The van der Waals surface area contributed by atoms with Crippen LogP contribution in [0.2, 0.25) is 0 Å². The van der Waals surface area contributed by atoms with Crippen LogP contribution in [0.25, 0.3) is 10.9 Å². The van der Waals surface area contributed by atoms with Gasteiger partial charge < -0.3 is 15.4 Å². The van der Waals surface area contributed by atoms with E-state index in [1.54, 1.807) is 6.07 Å². The molecule has 1 heterocycles. The van der Waals surface area contributed by atoms with Gasteiger partial charge in [0.05, 0.1) is 0 Å². The first-order valence-corrected chi connectivity index (χ1v) is 7.14. The van der Waals surface area contributed by atoms with Gasteiger partial charge in [-0.2, -0.15) is 0 Å². The molecule has 1 aromatic carbocycles. The summed E-state index contributed by atoms with van der Waals surface area (Å²) < 4.78 is 0. The van der Waals surface area contributed by atoms with E-state index in [0.29, 0.717) is 18.5 Å². The van der Waals surface area contributed by atoms with E-state index >= 15 is 0 Å². The maximum atomic E-state index is 12.2. The van der Waals surface area contributed by atoms with E-state index in [2.05, 4.69) is 10.3 Å². The number of rotatable bonds is 7. The van der Waals surface area contributed by atoms with Gasteiger partial charge in [-0.1, -0.05) is 13.0 Å². The number of carbonyl (C=O) groups is 2. The quantitative estimate of drug-likeness (QED) is 0.732. The molecule has 21 heavy (non-hydrogen) atoms. The number of fused-ring (bicyclic) bond motifs is 1. The van der Waals surface area contributed by atoms with Crippen LogP contribution in [-0.4, -0.2) is 28.5 Å². The Hall–Kier alpha value is -2.30. The Kier molecular flexibility index (Phi) is 4.98. The lowest BCUT2D eigenvalue weighted by atomic mass is 10.0. The highest BCUT2D eigenvalue weighted by Crippen LogP contribution is 2.17. The van der Waals surface area contributed by atoms with Crippen molar-refractivity contribution in [3.05, 3.63) is 36.0 Å². The molecular weight excluding hydrogens is 268 g/mol. The predicted octanol–water partition coefficient (Wildman–Crippen LogP) is 2.79. The molecule has 0 aliphatic carbocycles. The number of carboxylic acid groups (broad SMARTS) is 1. The largest absolute Gasteiger partial charge is 0.481 e. The summed E-state index contributed by atoms with van der Waals surface area (Å²) in [6.07, 6.45) is 3.41. The molecule has 2 rings (SSSR count). The summed E-state index contributed by atoms with van der Waals surface area (Å²) in [6, 6.07) is 7.47. The fraction of sp³-hybridized carbons (Fsp3) is 0.375. The van der Waals surface area contributed by atoms with Gasteiger partial charge in [-0.15, -0.1) is 0 Å². The molecular formula is C16H20N2O3. The predicted molar refractivity (Wildman–Crippen MR) is 81.3 cm³/mol. The Bertz CT molecular complexity index is 633. The summed E-state index contributed by atoms with van der Waals surface area (Å²) in [5, 5.41) is 12.4. The molecule has 0 saturated heterocycles. The molecule has 0 saturated carbocycles. The molecule has 0 fully saturated rings. The van der Waals surface area contributed by atoms with Crippen molar-refractivity contribution in [2.45, 2.75) is 26.2 Å². The summed E-state index contributed by atoms with van der Waals surface area (Å²) in [7, 11) is 0. The van der Waals surface area contributed by atoms with E-state index in [-0.39, 0.29) is 18.2 Å². The molecule has 1 aromatic heterocycles. The highest BCUT2D eigenvalue weighted by atomic mass is 16.4. The van der Waals surface area contributed by atoms with Crippen LogP contribution in [-0.2, 0) is 4.79 Å². The van der Waals surface area contributed by atoms with Gasteiger partial charge in [-0.3, -0.25) is 9.59 Å². The zero-order valence-electron chi connectivity index (χ0n) is 12.1. The fourth-order valence-corrected chi connectivity index (χ4v) is 2.32. The third-order valence-corrected chi connectivity index (χ3v) is 3.61. The van der Waals surface area contributed by atoms with Crippen LogP contribution >= 0.6 is 0 Å². The Morgan fingerprint density at radius 2 is 2.10 bits per heavy atom. The summed E-state index contributed by atoms with van der Waals surface area (Å²) in [5.41, 5.74) is 1.60. The molecule has 0 radical (unpaired) electrons. The molecule has 2 aromatic rings. The van der Waals surface area contributed by atoms with Crippen LogP contribution in [0, 0.1) is 5.92 Å². The molecule has 0 aliphatic heterocycles. The summed E-state index contributed by atoms with van der Waals surface area (Å²) in [6.45, 7) is 2.56. The molecule has 1 amide bonds. The van der Waals surface area contributed by atoms with Crippen molar-refractivity contribution >= 4 is 22.8 Å². The van der Waals surface area contributed by atoms with Crippen LogP contribution in [0.3, 0.4) is 0 Å². The van der Waals surface area contributed by atoms with Gasteiger partial charge in [0.1, 0.15) is 0 Å². The van der Waals surface area contributed by atoms with Crippen molar-refractivity contribution < 1.29 is 14.7 Å². The number of carbonyl (C=O) groups excluding carboxylic acids is 1. The number of hydrogen-bond donors (Lipinski definition) is 3. The Morgan fingerprint density at radius 3 is 2.86 bits per heavy atom. The molecule has 5 heteroatoms. The lowest BCUT2D eigenvalue weighted by Gasteiger charge is -2.11. The van der Waals surface area contributed by atoms with Gasteiger partial charge in [-0.25, -0.2) is 0 Å². The highest BCUT2D eigenvalue weighted by Gasteiger charge is 2.11. The van der Waals surface area contributed by atoms with Gasteiger partial charge in [0.15, 0.2) is 0 Å². The number of aromatic nitrogens is 1. The molecule has 0 aliphatic rings. The monoisotopic (exact) mass is 288 g/mol. The van der Waals surface area contributed by atoms with Crippen molar-refractivity contribution in [2.75, 3.05) is 6.54 Å². The van der Waals surface area contributed by atoms with Gasteiger partial charge in [0, 0.05) is 35.6 Å². The zero-order valence-corrected chi connectivity index (χ0v) is 12.1. The second kappa shape index (κ2) is 6.92. The van der Waals surface area contributed by atoms with Crippen LogP contribution in [0.15, 0.2) is 30.5 Å². The van der Waals surface area contributed by atoms with Crippen molar-refractivity contribution in [3.63, 3.8) is 0 Å².